The molecule has 0 bridgehead atoms. The second-order valence-electron chi connectivity index (χ2n) is 7.27. The molecule has 4 atom stereocenters. The highest BCUT2D eigenvalue weighted by Gasteiger charge is 2.25. The van der Waals surface area contributed by atoms with Gasteiger partial charge in [0.25, 0.3) is 0 Å². The molecule has 2 aliphatic rings. The second kappa shape index (κ2) is 9.41. The highest BCUT2D eigenvalue weighted by Crippen LogP contribution is 2.28. The molecule has 0 saturated heterocycles. The molecular weight excluding hydrogens is 326 g/mol. The fraction of sp³-hybridized carbons (Fsp3) is 0.600. The number of halogens is 2. The van der Waals surface area contributed by atoms with Crippen molar-refractivity contribution < 1.29 is 23.0 Å². The number of ether oxygens (including phenoxy) is 3. The molecule has 0 spiro atoms. The van der Waals surface area contributed by atoms with E-state index in [1.165, 1.54) is 0 Å². The van der Waals surface area contributed by atoms with Crippen molar-refractivity contribution in [3.05, 3.63) is 48.6 Å². The average molecular weight is 354 g/mol. The van der Waals surface area contributed by atoms with E-state index in [1.807, 2.05) is 62.5 Å². The Kier molecular flexibility index (Phi) is 7.54. The van der Waals surface area contributed by atoms with Gasteiger partial charge in [-0.3, -0.25) is 0 Å². The Morgan fingerprint density at radius 1 is 0.800 bits per heavy atom. The van der Waals surface area contributed by atoms with Crippen LogP contribution >= 0.6 is 0 Å². The van der Waals surface area contributed by atoms with E-state index in [1.54, 1.807) is 0 Å². The van der Waals surface area contributed by atoms with Crippen molar-refractivity contribution >= 4 is 0 Å². The van der Waals surface area contributed by atoms with E-state index >= 15 is 0 Å². The van der Waals surface area contributed by atoms with Gasteiger partial charge < -0.3 is 14.2 Å². The number of hydrogen-bond donors (Lipinski definition) is 0. The molecule has 4 unspecified atom stereocenters. The number of rotatable bonds is 10. The molecule has 0 aromatic carbocycles. The molecule has 0 saturated carbocycles. The summed E-state index contributed by atoms with van der Waals surface area (Å²) in [7, 11) is 0. The van der Waals surface area contributed by atoms with E-state index in [4.69, 9.17) is 14.2 Å². The van der Waals surface area contributed by atoms with Crippen LogP contribution in [0.25, 0.3) is 0 Å². The topological polar surface area (TPSA) is 27.7 Å². The second-order valence-corrected chi connectivity index (χ2v) is 7.27. The van der Waals surface area contributed by atoms with Gasteiger partial charge in [0, 0.05) is 10.8 Å². The molecule has 0 amide bonds. The zero-order valence-electron chi connectivity index (χ0n) is 15.0. The molecule has 25 heavy (non-hydrogen) atoms. The molecule has 0 aliphatic heterocycles. The molecule has 0 radical (unpaired) electrons. The zero-order valence-corrected chi connectivity index (χ0v) is 15.0. The van der Waals surface area contributed by atoms with Gasteiger partial charge in [-0.1, -0.05) is 62.5 Å². The number of allylic oxidation sites excluding steroid dienone is 6. The van der Waals surface area contributed by atoms with E-state index in [0.717, 1.165) is 12.8 Å². The number of hydrogen-bond acceptors (Lipinski definition) is 3. The minimum Gasteiger partial charge on any atom is -0.370 e. The summed E-state index contributed by atoms with van der Waals surface area (Å²) in [4.78, 5) is 0. The lowest BCUT2D eigenvalue weighted by atomic mass is 9.85. The summed E-state index contributed by atoms with van der Waals surface area (Å²) in [6, 6.07) is 0. The van der Waals surface area contributed by atoms with E-state index in [2.05, 4.69) is 0 Å². The van der Waals surface area contributed by atoms with Gasteiger partial charge in [-0.25, -0.2) is 8.78 Å². The van der Waals surface area contributed by atoms with E-state index < -0.39 is 12.7 Å². The Balaban J connectivity index is 1.56. The van der Waals surface area contributed by atoms with Gasteiger partial charge in [0.1, 0.15) is 13.2 Å². The highest BCUT2D eigenvalue weighted by molar-refractivity contribution is 5.16. The molecule has 0 aromatic rings. The predicted octanol–water partition coefficient (Wildman–Crippen LogP) is 4.67. The SMILES string of the molecule is CC1(COC(F)COCC(F)OCC2(C)C=CC=CC2)C=CC=CC1. The van der Waals surface area contributed by atoms with Crippen LogP contribution in [0.4, 0.5) is 8.78 Å². The molecule has 0 fully saturated rings. The average Bonchev–Trinajstić information content (AvgIpc) is 2.60. The van der Waals surface area contributed by atoms with Crippen molar-refractivity contribution in [1.29, 1.82) is 0 Å². The Morgan fingerprint density at radius 3 is 1.60 bits per heavy atom. The summed E-state index contributed by atoms with van der Waals surface area (Å²) < 4.78 is 42.9. The van der Waals surface area contributed by atoms with Crippen molar-refractivity contribution in [3.63, 3.8) is 0 Å². The molecule has 0 aromatic heterocycles. The molecule has 2 rings (SSSR count). The third-order valence-corrected chi connectivity index (χ3v) is 4.35. The van der Waals surface area contributed by atoms with Gasteiger partial charge in [0.05, 0.1) is 13.2 Å². The van der Waals surface area contributed by atoms with Gasteiger partial charge in [0.2, 0.25) is 12.7 Å². The standard InChI is InChI=1S/C20H28F2O3/c1-19(9-5-3-6-10-19)15-24-17(21)13-23-14-18(22)25-16-20(2)11-7-4-8-12-20/h3-9,11,17-18H,10,12-16H2,1-2H3. The van der Waals surface area contributed by atoms with Crippen LogP contribution in [-0.2, 0) is 14.2 Å². The lowest BCUT2D eigenvalue weighted by Gasteiger charge is -2.27. The van der Waals surface area contributed by atoms with Crippen molar-refractivity contribution in [3.8, 4) is 0 Å². The molecular formula is C20H28F2O3. The largest absolute Gasteiger partial charge is 0.370 e. The van der Waals surface area contributed by atoms with Crippen molar-refractivity contribution in [1.82, 2.24) is 0 Å². The third kappa shape index (κ3) is 7.22. The Labute approximate surface area is 149 Å². The molecule has 3 nitrogen and oxygen atoms in total. The maximum atomic E-state index is 13.7. The van der Waals surface area contributed by atoms with Crippen molar-refractivity contribution in [2.45, 2.75) is 39.4 Å². The minimum absolute atomic E-state index is 0.206. The first-order valence-electron chi connectivity index (χ1n) is 8.69. The summed E-state index contributed by atoms with van der Waals surface area (Å²) in [6.45, 7) is 3.90. The summed E-state index contributed by atoms with van der Waals surface area (Å²) in [5.41, 5.74) is -0.412. The Hall–Kier alpha value is -1.30. The summed E-state index contributed by atoms with van der Waals surface area (Å²) >= 11 is 0. The van der Waals surface area contributed by atoms with Gasteiger partial charge >= 0.3 is 0 Å². The van der Waals surface area contributed by atoms with Crippen LogP contribution in [0.2, 0.25) is 0 Å². The van der Waals surface area contributed by atoms with Crippen molar-refractivity contribution in [2.75, 3.05) is 26.4 Å². The fourth-order valence-electron chi connectivity index (χ4n) is 2.67. The third-order valence-electron chi connectivity index (χ3n) is 4.35. The van der Waals surface area contributed by atoms with Crippen LogP contribution < -0.4 is 0 Å². The van der Waals surface area contributed by atoms with Gasteiger partial charge in [-0.15, -0.1) is 0 Å². The first kappa shape index (κ1) is 20.0. The normalized spacial score (nSPS) is 30.6. The summed E-state index contributed by atoms with van der Waals surface area (Å²) in [6.07, 6.45) is 14.3. The van der Waals surface area contributed by atoms with Gasteiger partial charge in [0.15, 0.2) is 0 Å². The quantitative estimate of drug-likeness (QED) is 0.570. The monoisotopic (exact) mass is 354 g/mol. The molecule has 5 heteroatoms. The maximum Gasteiger partial charge on any atom is 0.222 e. The van der Waals surface area contributed by atoms with Crippen LogP contribution in [-0.4, -0.2) is 39.1 Å². The molecule has 2 aliphatic carbocycles. The lowest BCUT2D eigenvalue weighted by molar-refractivity contribution is -0.142. The highest BCUT2D eigenvalue weighted by atomic mass is 19.2. The summed E-state index contributed by atoms with van der Waals surface area (Å²) in [5, 5.41) is 0. The van der Waals surface area contributed by atoms with E-state index in [9.17, 15) is 8.78 Å². The van der Waals surface area contributed by atoms with E-state index in [0.29, 0.717) is 0 Å². The summed E-state index contributed by atoms with van der Waals surface area (Å²) in [5.74, 6) is 0. The number of alkyl halides is 2. The molecule has 0 N–H and O–H groups in total. The van der Waals surface area contributed by atoms with Crippen LogP contribution in [0, 0.1) is 10.8 Å². The smallest absolute Gasteiger partial charge is 0.222 e. The van der Waals surface area contributed by atoms with E-state index in [-0.39, 0.29) is 37.3 Å². The first-order chi connectivity index (χ1) is 11.9. The molecule has 0 heterocycles. The maximum absolute atomic E-state index is 13.7. The lowest BCUT2D eigenvalue weighted by Crippen LogP contribution is -2.28. The zero-order chi connectivity index (χ0) is 18.2. The molecule has 140 valence electrons. The van der Waals surface area contributed by atoms with Crippen LogP contribution in [0.15, 0.2) is 48.6 Å². The van der Waals surface area contributed by atoms with Gasteiger partial charge in [-0.05, 0) is 12.8 Å². The predicted molar refractivity (Wildman–Crippen MR) is 94.5 cm³/mol. The first-order valence-corrected chi connectivity index (χ1v) is 8.69. The minimum atomic E-state index is -1.58. The van der Waals surface area contributed by atoms with Gasteiger partial charge in [-0.2, -0.15) is 0 Å². The van der Waals surface area contributed by atoms with Crippen LogP contribution in [0.1, 0.15) is 26.7 Å². The Bertz CT molecular complexity index is 483. The Morgan fingerprint density at radius 2 is 1.24 bits per heavy atom. The van der Waals surface area contributed by atoms with Crippen molar-refractivity contribution in [2.24, 2.45) is 10.8 Å². The fourth-order valence-corrected chi connectivity index (χ4v) is 2.67. The van der Waals surface area contributed by atoms with Crippen LogP contribution in [0.5, 0.6) is 0 Å². The van der Waals surface area contributed by atoms with Crippen LogP contribution in [0.3, 0.4) is 0 Å².